The summed E-state index contributed by atoms with van der Waals surface area (Å²) in [6.45, 7) is 1.78. The Morgan fingerprint density at radius 2 is 1.80 bits per heavy atom. The highest BCUT2D eigenvalue weighted by atomic mass is 16.5. The third-order valence-electron chi connectivity index (χ3n) is 3.95. The van der Waals surface area contributed by atoms with E-state index in [0.29, 0.717) is 39.7 Å². The maximum atomic E-state index is 13.0. The van der Waals surface area contributed by atoms with Crippen molar-refractivity contribution >= 4 is 16.7 Å². The molecule has 0 unspecified atom stereocenters. The standard InChI is InChI=1S/C17H15N5O3/c1-10-19-17-18-9-14-15(22(17)20-10)4-5-21(16(14)23)11-6-12(24-2)8-13(7-11)25-3/h4-9H,1-3H3. The first-order valence-electron chi connectivity index (χ1n) is 7.58. The monoisotopic (exact) mass is 337 g/mol. The third-order valence-corrected chi connectivity index (χ3v) is 3.95. The fourth-order valence-electron chi connectivity index (χ4n) is 2.75. The van der Waals surface area contributed by atoms with Gasteiger partial charge in [0.1, 0.15) is 17.3 Å². The molecule has 0 aliphatic rings. The van der Waals surface area contributed by atoms with E-state index in [2.05, 4.69) is 15.1 Å². The van der Waals surface area contributed by atoms with Crippen LogP contribution in [-0.4, -0.2) is 38.4 Å². The smallest absolute Gasteiger partial charge is 0.266 e. The van der Waals surface area contributed by atoms with Gasteiger partial charge in [-0.1, -0.05) is 0 Å². The number of benzene rings is 1. The second kappa shape index (κ2) is 5.59. The maximum absolute atomic E-state index is 13.0. The predicted molar refractivity (Wildman–Crippen MR) is 91.7 cm³/mol. The fourth-order valence-corrected chi connectivity index (χ4v) is 2.75. The van der Waals surface area contributed by atoms with Crippen LogP contribution in [0.4, 0.5) is 0 Å². The van der Waals surface area contributed by atoms with Crippen molar-refractivity contribution < 1.29 is 9.47 Å². The summed E-state index contributed by atoms with van der Waals surface area (Å²) in [5.41, 5.74) is 1.08. The van der Waals surface area contributed by atoms with Crippen LogP contribution in [-0.2, 0) is 0 Å². The lowest BCUT2D eigenvalue weighted by molar-refractivity contribution is 0.394. The van der Waals surface area contributed by atoms with Gasteiger partial charge in [0.05, 0.1) is 30.8 Å². The lowest BCUT2D eigenvalue weighted by atomic mass is 10.2. The van der Waals surface area contributed by atoms with Crippen molar-refractivity contribution in [2.24, 2.45) is 0 Å². The Kier molecular flexibility index (Phi) is 3.38. The quantitative estimate of drug-likeness (QED) is 0.566. The molecule has 0 radical (unpaired) electrons. The number of methoxy groups -OCH3 is 2. The molecular weight excluding hydrogens is 322 g/mol. The number of fused-ring (bicyclic) bond motifs is 3. The molecule has 0 amide bonds. The lowest BCUT2D eigenvalue weighted by Crippen LogP contribution is -2.19. The Hall–Kier alpha value is -3.42. The van der Waals surface area contributed by atoms with Crippen LogP contribution in [0.15, 0.2) is 41.5 Å². The highest BCUT2D eigenvalue weighted by Gasteiger charge is 2.12. The van der Waals surface area contributed by atoms with Gasteiger partial charge in [0, 0.05) is 30.6 Å². The van der Waals surface area contributed by atoms with Gasteiger partial charge < -0.3 is 9.47 Å². The van der Waals surface area contributed by atoms with Crippen LogP contribution in [0.2, 0.25) is 0 Å². The SMILES string of the molecule is COc1cc(OC)cc(-n2ccc3c(cnc4nc(C)nn43)c2=O)c1. The van der Waals surface area contributed by atoms with Gasteiger partial charge in [-0.15, -0.1) is 5.10 Å². The average molecular weight is 337 g/mol. The summed E-state index contributed by atoms with van der Waals surface area (Å²) in [7, 11) is 3.13. The first kappa shape index (κ1) is 15.1. The molecule has 3 aromatic heterocycles. The molecule has 0 aliphatic heterocycles. The topological polar surface area (TPSA) is 83.5 Å². The second-order valence-corrected chi connectivity index (χ2v) is 5.49. The molecule has 8 nitrogen and oxygen atoms in total. The molecule has 8 heteroatoms. The van der Waals surface area contributed by atoms with E-state index in [4.69, 9.17) is 9.47 Å². The van der Waals surface area contributed by atoms with E-state index in [1.54, 1.807) is 50.1 Å². The summed E-state index contributed by atoms with van der Waals surface area (Å²) >= 11 is 0. The molecule has 25 heavy (non-hydrogen) atoms. The average Bonchev–Trinajstić information content (AvgIpc) is 3.02. The zero-order chi connectivity index (χ0) is 17.6. The van der Waals surface area contributed by atoms with Gasteiger partial charge in [0.2, 0.25) is 0 Å². The van der Waals surface area contributed by atoms with Crippen LogP contribution in [0.25, 0.3) is 22.4 Å². The summed E-state index contributed by atoms with van der Waals surface area (Å²) < 4.78 is 13.6. The summed E-state index contributed by atoms with van der Waals surface area (Å²) in [5, 5.41) is 4.74. The van der Waals surface area contributed by atoms with Gasteiger partial charge in [-0.25, -0.2) is 4.98 Å². The van der Waals surface area contributed by atoms with Gasteiger partial charge in [-0.2, -0.15) is 9.50 Å². The summed E-state index contributed by atoms with van der Waals surface area (Å²) in [4.78, 5) is 21.4. The van der Waals surface area contributed by atoms with Crippen molar-refractivity contribution in [2.45, 2.75) is 6.92 Å². The van der Waals surface area contributed by atoms with Crippen LogP contribution in [0, 0.1) is 6.92 Å². The number of nitrogens with zero attached hydrogens (tertiary/aromatic N) is 5. The van der Waals surface area contributed by atoms with Crippen molar-refractivity contribution in [3.05, 3.63) is 52.8 Å². The van der Waals surface area contributed by atoms with Gasteiger partial charge >= 0.3 is 0 Å². The minimum absolute atomic E-state index is 0.213. The number of hydrogen-bond acceptors (Lipinski definition) is 6. The van der Waals surface area contributed by atoms with Crippen LogP contribution < -0.4 is 15.0 Å². The normalized spacial score (nSPS) is 11.2. The molecule has 0 atom stereocenters. The third kappa shape index (κ3) is 2.38. The largest absolute Gasteiger partial charge is 0.497 e. The van der Waals surface area contributed by atoms with Gasteiger partial charge in [0.25, 0.3) is 11.3 Å². The molecule has 0 spiro atoms. The highest BCUT2D eigenvalue weighted by Crippen LogP contribution is 2.24. The molecule has 0 saturated heterocycles. The molecule has 4 rings (SSSR count). The van der Waals surface area contributed by atoms with Crippen LogP contribution in [0.1, 0.15) is 5.82 Å². The first-order chi connectivity index (χ1) is 12.1. The van der Waals surface area contributed by atoms with E-state index in [9.17, 15) is 4.79 Å². The summed E-state index contributed by atoms with van der Waals surface area (Å²) in [6, 6.07) is 7.09. The lowest BCUT2D eigenvalue weighted by Gasteiger charge is -2.11. The Morgan fingerprint density at radius 3 is 2.48 bits per heavy atom. The van der Waals surface area contributed by atoms with E-state index in [-0.39, 0.29) is 5.56 Å². The van der Waals surface area contributed by atoms with Crippen LogP contribution in [0.3, 0.4) is 0 Å². The fraction of sp³-hybridized carbons (Fsp3) is 0.176. The zero-order valence-electron chi connectivity index (χ0n) is 13.9. The summed E-state index contributed by atoms with van der Waals surface area (Å²) in [6.07, 6.45) is 3.21. The van der Waals surface area contributed by atoms with Crippen molar-refractivity contribution in [1.29, 1.82) is 0 Å². The van der Waals surface area contributed by atoms with E-state index >= 15 is 0 Å². The molecule has 0 saturated carbocycles. The Morgan fingerprint density at radius 1 is 1.08 bits per heavy atom. The Labute approximate surface area is 142 Å². The molecule has 3 heterocycles. The van der Waals surface area contributed by atoms with E-state index in [1.165, 1.54) is 10.8 Å². The minimum atomic E-state index is -0.213. The number of ether oxygens (including phenoxy) is 2. The number of rotatable bonds is 3. The molecule has 0 fully saturated rings. The maximum Gasteiger partial charge on any atom is 0.266 e. The highest BCUT2D eigenvalue weighted by molar-refractivity contribution is 5.79. The molecule has 0 aliphatic carbocycles. The number of pyridine rings is 1. The van der Waals surface area contributed by atoms with Crippen molar-refractivity contribution in [2.75, 3.05) is 14.2 Å². The van der Waals surface area contributed by atoms with E-state index in [1.807, 2.05) is 6.07 Å². The minimum Gasteiger partial charge on any atom is -0.497 e. The second-order valence-electron chi connectivity index (χ2n) is 5.49. The van der Waals surface area contributed by atoms with Gasteiger partial charge in [0.15, 0.2) is 0 Å². The Balaban J connectivity index is 1.99. The molecular formula is C17H15N5O3. The number of aromatic nitrogens is 5. The molecule has 4 aromatic rings. The van der Waals surface area contributed by atoms with E-state index < -0.39 is 0 Å². The van der Waals surface area contributed by atoms with E-state index in [0.717, 1.165) is 0 Å². The molecule has 126 valence electrons. The van der Waals surface area contributed by atoms with Crippen molar-refractivity contribution in [3.63, 3.8) is 0 Å². The predicted octanol–water partition coefficient (Wildman–Crippen LogP) is 1.75. The number of aryl methyl sites for hydroxylation is 1. The van der Waals surface area contributed by atoms with Gasteiger partial charge in [-0.3, -0.25) is 9.36 Å². The summed E-state index contributed by atoms with van der Waals surface area (Å²) in [5.74, 6) is 2.26. The van der Waals surface area contributed by atoms with Crippen LogP contribution in [0.5, 0.6) is 11.5 Å². The molecule has 0 bridgehead atoms. The van der Waals surface area contributed by atoms with Crippen LogP contribution >= 0.6 is 0 Å². The first-order valence-corrected chi connectivity index (χ1v) is 7.58. The van der Waals surface area contributed by atoms with Crippen molar-refractivity contribution in [1.82, 2.24) is 24.1 Å². The Bertz CT molecular complexity index is 1140. The zero-order valence-corrected chi connectivity index (χ0v) is 13.9. The molecule has 1 aromatic carbocycles. The molecule has 0 N–H and O–H groups in total. The van der Waals surface area contributed by atoms with Crippen molar-refractivity contribution in [3.8, 4) is 17.2 Å². The van der Waals surface area contributed by atoms with Gasteiger partial charge in [-0.05, 0) is 13.0 Å². The number of hydrogen-bond donors (Lipinski definition) is 0.